The van der Waals surface area contributed by atoms with E-state index < -0.39 is 11.6 Å². The normalized spacial score (nSPS) is 12.4. The van der Waals surface area contributed by atoms with Gasteiger partial charge >= 0.3 is 0 Å². The zero-order valence-corrected chi connectivity index (χ0v) is 12.6. The molecule has 100 valence electrons. The molecule has 0 aliphatic rings. The van der Waals surface area contributed by atoms with Gasteiger partial charge in [-0.3, -0.25) is 0 Å². The van der Waals surface area contributed by atoms with Gasteiger partial charge in [-0.25, -0.2) is 8.78 Å². The summed E-state index contributed by atoms with van der Waals surface area (Å²) in [4.78, 5) is 0. The van der Waals surface area contributed by atoms with Gasteiger partial charge in [-0.05, 0) is 64.5 Å². The summed E-state index contributed by atoms with van der Waals surface area (Å²) in [6, 6.07) is 11.9. The average Bonchev–Trinajstić information content (AvgIpc) is 2.39. The lowest BCUT2D eigenvalue weighted by Gasteiger charge is -2.19. The lowest BCUT2D eigenvalue weighted by molar-refractivity contribution is 0.504. The van der Waals surface area contributed by atoms with Crippen LogP contribution in [0.4, 0.5) is 8.78 Å². The molecule has 19 heavy (non-hydrogen) atoms. The first-order valence-electron chi connectivity index (χ1n) is 6.05. The van der Waals surface area contributed by atoms with Crippen molar-refractivity contribution in [2.75, 3.05) is 6.54 Å². The molecule has 0 aliphatic heterocycles. The SMILES string of the molecule is CCNC(c1cccc(I)c1)c1ccc(F)c(F)c1. The fourth-order valence-electron chi connectivity index (χ4n) is 2.01. The summed E-state index contributed by atoms with van der Waals surface area (Å²) in [6.07, 6.45) is 0. The highest BCUT2D eigenvalue weighted by molar-refractivity contribution is 14.1. The Bertz CT molecular complexity index is 572. The third-order valence-electron chi connectivity index (χ3n) is 2.87. The van der Waals surface area contributed by atoms with Gasteiger partial charge in [0.25, 0.3) is 0 Å². The van der Waals surface area contributed by atoms with E-state index >= 15 is 0 Å². The minimum atomic E-state index is -0.818. The lowest BCUT2D eigenvalue weighted by atomic mass is 9.98. The van der Waals surface area contributed by atoms with Crippen LogP contribution < -0.4 is 5.32 Å². The van der Waals surface area contributed by atoms with E-state index in [0.29, 0.717) is 0 Å². The average molecular weight is 373 g/mol. The van der Waals surface area contributed by atoms with Gasteiger partial charge < -0.3 is 5.32 Å². The first-order valence-corrected chi connectivity index (χ1v) is 7.13. The van der Waals surface area contributed by atoms with E-state index in [0.717, 1.165) is 21.2 Å². The number of hydrogen-bond donors (Lipinski definition) is 1. The molecule has 2 aromatic rings. The van der Waals surface area contributed by atoms with E-state index in [1.54, 1.807) is 6.07 Å². The highest BCUT2D eigenvalue weighted by Gasteiger charge is 2.15. The topological polar surface area (TPSA) is 12.0 Å². The summed E-state index contributed by atoms with van der Waals surface area (Å²) < 4.78 is 27.5. The second-order valence-corrected chi connectivity index (χ2v) is 5.46. The summed E-state index contributed by atoms with van der Waals surface area (Å²) in [5.41, 5.74) is 1.77. The minimum Gasteiger partial charge on any atom is -0.307 e. The third-order valence-corrected chi connectivity index (χ3v) is 3.54. The Morgan fingerprint density at radius 3 is 2.42 bits per heavy atom. The van der Waals surface area contributed by atoms with E-state index in [-0.39, 0.29) is 6.04 Å². The molecule has 2 aromatic carbocycles. The molecular formula is C15H14F2IN. The molecule has 0 aromatic heterocycles. The Morgan fingerprint density at radius 2 is 1.79 bits per heavy atom. The van der Waals surface area contributed by atoms with Crippen molar-refractivity contribution in [2.24, 2.45) is 0 Å². The third kappa shape index (κ3) is 3.51. The summed E-state index contributed by atoms with van der Waals surface area (Å²) in [7, 11) is 0. The predicted molar refractivity (Wildman–Crippen MR) is 81.0 cm³/mol. The van der Waals surface area contributed by atoms with Crippen molar-refractivity contribution in [3.05, 3.63) is 68.8 Å². The van der Waals surface area contributed by atoms with Crippen molar-refractivity contribution in [3.63, 3.8) is 0 Å². The number of benzene rings is 2. The van der Waals surface area contributed by atoms with E-state index in [1.807, 2.05) is 31.2 Å². The monoisotopic (exact) mass is 373 g/mol. The van der Waals surface area contributed by atoms with Gasteiger partial charge in [0.1, 0.15) is 0 Å². The predicted octanol–water partition coefficient (Wildman–Crippen LogP) is 4.27. The number of hydrogen-bond acceptors (Lipinski definition) is 1. The molecule has 2 rings (SSSR count). The molecule has 0 bridgehead atoms. The number of halogens is 3. The second kappa shape index (κ2) is 6.43. The van der Waals surface area contributed by atoms with E-state index in [4.69, 9.17) is 0 Å². The Balaban J connectivity index is 2.42. The molecule has 4 heteroatoms. The molecule has 0 fully saturated rings. The van der Waals surface area contributed by atoms with E-state index in [9.17, 15) is 8.78 Å². The molecule has 0 heterocycles. The van der Waals surface area contributed by atoms with Crippen LogP contribution >= 0.6 is 22.6 Å². The van der Waals surface area contributed by atoms with Gasteiger partial charge in [-0.2, -0.15) is 0 Å². The van der Waals surface area contributed by atoms with Crippen LogP contribution in [0.5, 0.6) is 0 Å². The highest BCUT2D eigenvalue weighted by Crippen LogP contribution is 2.24. The Morgan fingerprint density at radius 1 is 1.05 bits per heavy atom. The smallest absolute Gasteiger partial charge is 0.159 e. The van der Waals surface area contributed by atoms with Crippen molar-refractivity contribution in [1.82, 2.24) is 5.32 Å². The zero-order chi connectivity index (χ0) is 13.8. The minimum absolute atomic E-state index is 0.130. The maximum absolute atomic E-state index is 13.4. The van der Waals surface area contributed by atoms with Gasteiger partial charge in [0.05, 0.1) is 6.04 Å². The fraction of sp³-hybridized carbons (Fsp3) is 0.200. The van der Waals surface area contributed by atoms with Crippen molar-refractivity contribution in [3.8, 4) is 0 Å². The quantitative estimate of drug-likeness (QED) is 0.790. The number of rotatable bonds is 4. The summed E-state index contributed by atoms with van der Waals surface area (Å²) in [5.74, 6) is -1.63. The van der Waals surface area contributed by atoms with Crippen molar-refractivity contribution < 1.29 is 8.78 Å². The van der Waals surface area contributed by atoms with Crippen molar-refractivity contribution >= 4 is 22.6 Å². The maximum Gasteiger partial charge on any atom is 0.159 e. The second-order valence-electron chi connectivity index (χ2n) is 4.22. The molecular weight excluding hydrogens is 359 g/mol. The lowest BCUT2D eigenvalue weighted by Crippen LogP contribution is -2.22. The van der Waals surface area contributed by atoms with Gasteiger partial charge in [-0.15, -0.1) is 0 Å². The van der Waals surface area contributed by atoms with Crippen LogP contribution in [0.2, 0.25) is 0 Å². The first kappa shape index (κ1) is 14.4. The van der Waals surface area contributed by atoms with E-state index in [1.165, 1.54) is 12.1 Å². The molecule has 1 nitrogen and oxygen atoms in total. The largest absolute Gasteiger partial charge is 0.307 e. The van der Waals surface area contributed by atoms with Crippen LogP contribution in [0.3, 0.4) is 0 Å². The maximum atomic E-state index is 13.4. The van der Waals surface area contributed by atoms with Crippen LogP contribution in [-0.2, 0) is 0 Å². The molecule has 0 spiro atoms. The molecule has 0 amide bonds. The van der Waals surface area contributed by atoms with Crippen LogP contribution in [0.15, 0.2) is 42.5 Å². The molecule has 0 aliphatic carbocycles. The van der Waals surface area contributed by atoms with Crippen LogP contribution in [0.1, 0.15) is 24.1 Å². The Hall–Kier alpha value is -1.01. The van der Waals surface area contributed by atoms with Crippen LogP contribution in [-0.4, -0.2) is 6.54 Å². The Labute approximate surface area is 125 Å². The standard InChI is InChI=1S/C15H14F2IN/c1-2-19-15(10-4-3-5-12(18)8-10)11-6-7-13(16)14(17)9-11/h3-9,15,19H,2H2,1H3. The molecule has 1 N–H and O–H groups in total. The summed E-state index contributed by atoms with van der Waals surface area (Å²) in [6.45, 7) is 2.73. The Kier molecular flexibility index (Phi) is 4.87. The fourth-order valence-corrected chi connectivity index (χ4v) is 2.58. The van der Waals surface area contributed by atoms with Crippen molar-refractivity contribution in [2.45, 2.75) is 13.0 Å². The summed E-state index contributed by atoms with van der Waals surface area (Å²) in [5, 5.41) is 3.30. The number of nitrogens with one attached hydrogen (secondary N) is 1. The molecule has 0 radical (unpaired) electrons. The molecule has 0 saturated heterocycles. The zero-order valence-electron chi connectivity index (χ0n) is 10.5. The van der Waals surface area contributed by atoms with Crippen LogP contribution in [0, 0.1) is 15.2 Å². The highest BCUT2D eigenvalue weighted by atomic mass is 127. The van der Waals surface area contributed by atoms with Gasteiger partial charge in [0, 0.05) is 3.57 Å². The van der Waals surface area contributed by atoms with Gasteiger partial charge in [-0.1, -0.05) is 25.1 Å². The van der Waals surface area contributed by atoms with Crippen LogP contribution in [0.25, 0.3) is 0 Å². The van der Waals surface area contributed by atoms with E-state index in [2.05, 4.69) is 27.9 Å². The molecule has 1 unspecified atom stereocenters. The molecule has 0 saturated carbocycles. The van der Waals surface area contributed by atoms with Gasteiger partial charge in [0.15, 0.2) is 11.6 Å². The van der Waals surface area contributed by atoms with Gasteiger partial charge in [0.2, 0.25) is 0 Å². The summed E-state index contributed by atoms with van der Waals surface area (Å²) >= 11 is 2.24. The van der Waals surface area contributed by atoms with Crippen molar-refractivity contribution in [1.29, 1.82) is 0 Å². The first-order chi connectivity index (χ1) is 9.11. The molecule has 1 atom stereocenters.